The molecule has 6 amide bonds. The molecule has 3 fully saturated rings. The molecule has 23 heteroatoms. The van der Waals surface area contributed by atoms with Gasteiger partial charge in [-0.25, -0.2) is 9.59 Å². The van der Waals surface area contributed by atoms with Crippen molar-refractivity contribution in [2.45, 2.75) is 140 Å². The summed E-state index contributed by atoms with van der Waals surface area (Å²) in [4.78, 5) is 118. The fourth-order valence-electron chi connectivity index (χ4n) is 10.8. The fraction of sp³-hybridized carbons (Fsp3) is 0.569. The highest BCUT2D eigenvalue weighted by molar-refractivity contribution is 7.99. The number of methoxy groups -OCH3 is 2. The van der Waals surface area contributed by atoms with Crippen molar-refractivity contribution in [3.05, 3.63) is 81.4 Å². The zero-order valence-electron chi connectivity index (χ0n) is 47.4. The minimum Gasteiger partial charge on any atom is -0.495 e. The molecule has 0 aromatic heterocycles. The smallest absolute Gasteiger partial charge is 0.409 e. The van der Waals surface area contributed by atoms with Gasteiger partial charge in [-0.15, -0.1) is 0 Å². The lowest BCUT2D eigenvalue weighted by Crippen LogP contribution is -2.72. The number of alkyl carbamates (subject to hydrolysis) is 1. The third-order valence-corrected chi connectivity index (χ3v) is 17.1. The first-order valence-corrected chi connectivity index (χ1v) is 28.8. The molecule has 21 nitrogen and oxygen atoms in total. The Morgan fingerprint density at radius 2 is 1.68 bits per heavy atom. The number of aliphatic hydroxyl groups is 1. The van der Waals surface area contributed by atoms with Crippen LogP contribution in [-0.4, -0.2) is 165 Å². The molecule has 1 aliphatic carbocycles. The van der Waals surface area contributed by atoms with E-state index < -0.39 is 65.2 Å². The second-order valence-electron chi connectivity index (χ2n) is 21.8. The number of ether oxygens (including phenoxy) is 5. The molecule has 2 aromatic carbocycles. The highest BCUT2D eigenvalue weighted by Gasteiger charge is 2.63. The van der Waals surface area contributed by atoms with Crippen LogP contribution in [0.1, 0.15) is 117 Å². The molecule has 5 N–H and O–H groups in total. The number of thioether (sulfide) groups is 1. The highest BCUT2D eigenvalue weighted by Crippen LogP contribution is 2.50. The number of allylic oxidation sites excluding steroid dienone is 3. The van der Waals surface area contributed by atoms with Crippen molar-refractivity contribution in [1.82, 2.24) is 26.2 Å². The molecule has 0 radical (unpaired) electrons. The van der Waals surface area contributed by atoms with Gasteiger partial charge in [0, 0.05) is 89.3 Å². The SMILES string of the molecule is COc1cc2cc(c1Cl)N(C)C(=O)C[C@H](OC(=O)[C@H](C)N(C)C(=O)CCSCC(=O)NCCNC(=O)[C@H]1CC[C@H](CNC(=O)CCc3ccc(C=O)c(C=O)c3)CC1)C1(C)CC(C)(O1)C1CC(O)(NC(=O)O1)C(OC)/C=C/C=C(\C)C2. The van der Waals surface area contributed by atoms with Crippen molar-refractivity contribution >= 4 is 83.2 Å². The number of nitrogens with one attached hydrogen (secondary N) is 4. The van der Waals surface area contributed by atoms with Crippen molar-refractivity contribution in [3.8, 4) is 5.75 Å². The zero-order chi connectivity index (χ0) is 59.2. The van der Waals surface area contributed by atoms with Crippen molar-refractivity contribution in [2.24, 2.45) is 11.8 Å². The molecule has 7 rings (SSSR count). The summed E-state index contributed by atoms with van der Waals surface area (Å²) in [6, 6.07) is 7.34. The lowest BCUT2D eigenvalue weighted by molar-refractivity contribution is -0.328. The van der Waals surface area contributed by atoms with Crippen LogP contribution < -0.4 is 30.9 Å². The molecular formula is C58H77ClN6O15S. The topological polar surface area (TPSA) is 275 Å². The van der Waals surface area contributed by atoms with Gasteiger partial charge in [-0.3, -0.25) is 38.9 Å². The molecule has 0 spiro atoms. The van der Waals surface area contributed by atoms with Gasteiger partial charge in [0.05, 0.1) is 25.0 Å². The standard InChI is InChI=1S/C58H77ClN6O15S/c1-35-10-9-11-45(77-8)58(75)29-47(79-55(74)63-58)57(4)34-56(3,80-57)46(28-51(71)65(6)43-26-39(24-35)27-44(76-7)52(43)59)78-54(73)36(2)64(5)50(70)20-23-81-33-49(69)60-21-22-61-53(72)40-16-13-38(14-17-40)30-62-48(68)19-15-37-12-18-41(31-66)42(25-37)32-67/h9-12,18,25-27,31-32,36,38,40,45-47,75H,13-17,19-24,28-30,33-34H2,1-8H3,(H,60,69)(H,61,72)(H,62,68)(H,63,74)/b11-9+,35-10+/t36-,38-,40-,45?,46-,47?,56?,57?,58?/m0/s1. The Labute approximate surface area is 482 Å². The summed E-state index contributed by atoms with van der Waals surface area (Å²) in [7, 11) is 5.88. The monoisotopic (exact) mass is 1160 g/mol. The van der Waals surface area contributed by atoms with Crippen LogP contribution >= 0.6 is 23.4 Å². The van der Waals surface area contributed by atoms with E-state index >= 15 is 0 Å². The third kappa shape index (κ3) is 16.7. The maximum Gasteiger partial charge on any atom is 0.409 e. The number of aldehydes is 2. The Kier molecular flexibility index (Phi) is 22.5. The van der Waals surface area contributed by atoms with Crippen molar-refractivity contribution in [1.29, 1.82) is 0 Å². The van der Waals surface area contributed by atoms with E-state index in [4.69, 9.17) is 35.3 Å². The normalized spacial score (nSPS) is 27.1. The van der Waals surface area contributed by atoms with E-state index in [1.165, 1.54) is 49.8 Å². The van der Waals surface area contributed by atoms with Gasteiger partial charge in [0.1, 0.15) is 46.3 Å². The van der Waals surface area contributed by atoms with Gasteiger partial charge < -0.3 is 54.5 Å². The first-order chi connectivity index (χ1) is 38.4. The van der Waals surface area contributed by atoms with E-state index in [1.807, 2.05) is 13.0 Å². The number of amides is 6. The Morgan fingerprint density at radius 1 is 0.975 bits per heavy atom. The number of hydrogen-bond acceptors (Lipinski definition) is 16. The molecule has 81 heavy (non-hydrogen) atoms. The second kappa shape index (κ2) is 28.6. The number of aryl methyl sites for hydroxylation is 1. The van der Waals surface area contributed by atoms with Crippen LogP contribution in [0.2, 0.25) is 5.02 Å². The van der Waals surface area contributed by atoms with Gasteiger partial charge >= 0.3 is 12.1 Å². The van der Waals surface area contributed by atoms with Crippen LogP contribution in [0.15, 0.2) is 54.1 Å². The molecule has 6 bridgehead atoms. The van der Waals surface area contributed by atoms with Crippen molar-refractivity contribution < 1.29 is 71.9 Å². The van der Waals surface area contributed by atoms with Gasteiger partial charge in [-0.2, -0.15) is 11.8 Å². The number of halogens is 1. The van der Waals surface area contributed by atoms with E-state index in [9.17, 15) is 48.3 Å². The van der Waals surface area contributed by atoms with Gasteiger partial charge in [-0.05, 0) is 101 Å². The highest BCUT2D eigenvalue weighted by atomic mass is 35.5. The van der Waals surface area contributed by atoms with Crippen LogP contribution in [0.4, 0.5) is 10.5 Å². The quantitative estimate of drug-likeness (QED) is 0.0611. The number of carbonyl (C=O) groups excluding carboxylic acids is 9. The largest absolute Gasteiger partial charge is 0.495 e. The molecule has 2 saturated heterocycles. The number of nitrogens with zero attached hydrogens (tertiary/aromatic N) is 2. The zero-order valence-corrected chi connectivity index (χ0v) is 49.0. The fourth-order valence-corrected chi connectivity index (χ4v) is 11.9. The summed E-state index contributed by atoms with van der Waals surface area (Å²) in [5, 5.41) is 23.2. The Hall–Kier alpha value is -6.33. The van der Waals surface area contributed by atoms with Crippen molar-refractivity contribution in [3.63, 3.8) is 0 Å². The van der Waals surface area contributed by atoms with Crippen molar-refractivity contribution in [2.75, 3.05) is 64.4 Å². The number of carbonyl (C=O) groups is 9. The summed E-state index contributed by atoms with van der Waals surface area (Å²) in [6.07, 6.45) is 5.86. The number of rotatable bonds is 21. The molecule has 5 aliphatic rings. The van der Waals surface area contributed by atoms with E-state index in [2.05, 4.69) is 21.3 Å². The maximum atomic E-state index is 14.4. The summed E-state index contributed by atoms with van der Waals surface area (Å²) in [5.41, 5.74) is -1.06. The minimum absolute atomic E-state index is 0.00840. The van der Waals surface area contributed by atoms with Gasteiger partial charge in [-0.1, -0.05) is 47.5 Å². The average molecular weight is 1170 g/mol. The van der Waals surface area contributed by atoms with Crippen LogP contribution in [0.5, 0.6) is 5.75 Å². The van der Waals surface area contributed by atoms with E-state index in [0.717, 1.165) is 29.5 Å². The number of esters is 1. The average Bonchev–Trinajstić information content (AvgIpc) is 3.56. The minimum atomic E-state index is -1.91. The number of anilines is 1. The number of fused-ring (bicyclic) bond motifs is 6. The molecule has 442 valence electrons. The number of likely N-dealkylation sites (N-methyl/N-ethyl adjacent to an activating group) is 1. The summed E-state index contributed by atoms with van der Waals surface area (Å²) < 4.78 is 29.7. The molecule has 4 aliphatic heterocycles. The Morgan fingerprint density at radius 3 is 2.36 bits per heavy atom. The first kappa shape index (κ1) is 63.8. The summed E-state index contributed by atoms with van der Waals surface area (Å²) in [6.45, 7) is 7.74. The third-order valence-electron chi connectivity index (χ3n) is 15.7. The van der Waals surface area contributed by atoms with Crippen LogP contribution in [0, 0.1) is 11.8 Å². The van der Waals surface area contributed by atoms with Crippen LogP contribution in [0.25, 0.3) is 0 Å². The molecule has 1 saturated carbocycles. The van der Waals surface area contributed by atoms with Crippen LogP contribution in [0.3, 0.4) is 0 Å². The Balaban J connectivity index is 0.957. The van der Waals surface area contributed by atoms with Crippen LogP contribution in [-0.2, 0) is 60.6 Å². The summed E-state index contributed by atoms with van der Waals surface area (Å²) >= 11 is 8.05. The van der Waals surface area contributed by atoms with Gasteiger partial charge in [0.25, 0.3) is 0 Å². The lowest BCUT2D eigenvalue weighted by atomic mass is 9.72. The van der Waals surface area contributed by atoms with E-state index in [-0.39, 0.29) is 91.3 Å². The Bertz CT molecular complexity index is 2730. The molecular weight excluding hydrogens is 1090 g/mol. The molecule has 7 atom stereocenters. The number of benzene rings is 2. The van der Waals surface area contributed by atoms with Gasteiger partial charge in [0.2, 0.25) is 29.5 Å². The van der Waals surface area contributed by atoms with E-state index in [1.54, 1.807) is 63.4 Å². The lowest BCUT2D eigenvalue weighted by Gasteiger charge is -2.59. The predicted molar refractivity (Wildman–Crippen MR) is 303 cm³/mol. The second-order valence-corrected chi connectivity index (χ2v) is 23.3. The maximum absolute atomic E-state index is 14.4. The first-order valence-electron chi connectivity index (χ1n) is 27.2. The molecule has 4 heterocycles. The predicted octanol–water partition coefficient (Wildman–Crippen LogP) is 5.19. The van der Waals surface area contributed by atoms with E-state index in [0.29, 0.717) is 67.4 Å². The molecule has 2 aromatic rings. The van der Waals surface area contributed by atoms with Gasteiger partial charge in [0.15, 0.2) is 18.3 Å². The molecule has 5 unspecified atom stereocenters. The number of hydrogen-bond donors (Lipinski definition) is 5. The summed E-state index contributed by atoms with van der Waals surface area (Å²) in [5.74, 6) is -1.45.